The Morgan fingerprint density at radius 1 is 1.12 bits per heavy atom. The zero-order valence-electron chi connectivity index (χ0n) is 11.3. The number of nitrogens with one attached hydrogen (secondary N) is 1. The van der Waals surface area contributed by atoms with E-state index in [1.807, 2.05) is 0 Å². The maximum Gasteiger partial charge on any atom is 0.0798 e. The lowest BCUT2D eigenvalue weighted by Crippen LogP contribution is -2.55. The van der Waals surface area contributed by atoms with E-state index >= 15 is 0 Å². The van der Waals surface area contributed by atoms with Gasteiger partial charge in [0, 0.05) is 51.9 Å². The van der Waals surface area contributed by atoms with Crippen molar-refractivity contribution in [3.05, 3.63) is 0 Å². The van der Waals surface area contributed by atoms with Gasteiger partial charge in [-0.2, -0.15) is 0 Å². The summed E-state index contributed by atoms with van der Waals surface area (Å²) in [6, 6.07) is 0.610. The number of hydrogen-bond acceptors (Lipinski definition) is 4. The first-order chi connectivity index (χ1) is 8.09. The van der Waals surface area contributed by atoms with Crippen molar-refractivity contribution in [1.29, 1.82) is 0 Å². The van der Waals surface area contributed by atoms with E-state index < -0.39 is 5.60 Å². The molecule has 0 aliphatic carbocycles. The summed E-state index contributed by atoms with van der Waals surface area (Å²) in [5, 5.41) is 14.0. The summed E-state index contributed by atoms with van der Waals surface area (Å²) in [7, 11) is 0. The molecule has 0 aromatic carbocycles. The van der Waals surface area contributed by atoms with Crippen LogP contribution in [0.2, 0.25) is 0 Å². The number of piperidine rings is 1. The van der Waals surface area contributed by atoms with E-state index in [2.05, 4.69) is 29.0 Å². The second-order valence-corrected chi connectivity index (χ2v) is 5.88. The molecule has 0 aromatic rings. The molecule has 2 heterocycles. The Hall–Kier alpha value is -0.160. The van der Waals surface area contributed by atoms with Crippen LogP contribution < -0.4 is 5.32 Å². The molecule has 2 rings (SSSR count). The summed E-state index contributed by atoms with van der Waals surface area (Å²) in [6.07, 6.45) is 1.85. The number of piperazine rings is 1. The number of aliphatic hydroxyl groups is 1. The van der Waals surface area contributed by atoms with Gasteiger partial charge in [0.15, 0.2) is 0 Å². The van der Waals surface area contributed by atoms with Crippen LogP contribution in [0, 0.1) is 0 Å². The number of nitrogens with zero attached hydrogens (tertiary/aromatic N) is 2. The highest BCUT2D eigenvalue weighted by Crippen LogP contribution is 2.24. The van der Waals surface area contributed by atoms with E-state index in [-0.39, 0.29) is 0 Å². The van der Waals surface area contributed by atoms with Crippen LogP contribution in [0.5, 0.6) is 0 Å². The Balaban J connectivity index is 1.80. The fourth-order valence-corrected chi connectivity index (χ4v) is 2.90. The summed E-state index contributed by atoms with van der Waals surface area (Å²) in [5.41, 5.74) is -0.442. The van der Waals surface area contributed by atoms with Crippen LogP contribution in [0.1, 0.15) is 26.7 Å². The summed E-state index contributed by atoms with van der Waals surface area (Å²) < 4.78 is 0. The minimum atomic E-state index is -0.442. The molecular weight excluding hydrogens is 214 g/mol. The Morgan fingerprint density at radius 3 is 2.24 bits per heavy atom. The number of rotatable bonds is 3. The first-order valence-corrected chi connectivity index (χ1v) is 6.99. The van der Waals surface area contributed by atoms with Gasteiger partial charge in [0.25, 0.3) is 0 Å². The highest BCUT2D eigenvalue weighted by atomic mass is 16.3. The number of hydrogen-bond donors (Lipinski definition) is 2. The standard InChI is InChI=1S/C13H27N3O/c1-12(2)16-7-3-13(17,4-8-16)11-15-9-5-14-6-10-15/h12,14,17H,3-11H2,1-2H3. The minimum Gasteiger partial charge on any atom is -0.388 e. The van der Waals surface area contributed by atoms with Gasteiger partial charge in [0.2, 0.25) is 0 Å². The van der Waals surface area contributed by atoms with Gasteiger partial charge in [-0.1, -0.05) is 0 Å². The van der Waals surface area contributed by atoms with Gasteiger partial charge in [0.05, 0.1) is 5.60 Å². The third-order valence-corrected chi connectivity index (χ3v) is 4.19. The molecule has 4 heteroatoms. The first-order valence-electron chi connectivity index (χ1n) is 6.99. The molecule has 2 saturated heterocycles. The van der Waals surface area contributed by atoms with Crippen molar-refractivity contribution < 1.29 is 5.11 Å². The molecule has 2 fully saturated rings. The van der Waals surface area contributed by atoms with Gasteiger partial charge >= 0.3 is 0 Å². The SMILES string of the molecule is CC(C)N1CCC(O)(CN2CCNCC2)CC1. The third kappa shape index (κ3) is 3.65. The average molecular weight is 241 g/mol. The predicted octanol–water partition coefficient (Wildman–Crippen LogP) is 0.127. The summed E-state index contributed by atoms with van der Waals surface area (Å²) in [4.78, 5) is 4.87. The van der Waals surface area contributed by atoms with Crippen molar-refractivity contribution in [2.45, 2.75) is 38.3 Å². The van der Waals surface area contributed by atoms with E-state index in [0.717, 1.165) is 58.7 Å². The van der Waals surface area contributed by atoms with E-state index in [4.69, 9.17) is 0 Å². The molecule has 0 bridgehead atoms. The van der Waals surface area contributed by atoms with Gasteiger partial charge < -0.3 is 15.3 Å². The molecule has 0 amide bonds. The lowest BCUT2D eigenvalue weighted by molar-refractivity contribution is -0.0518. The Labute approximate surface area is 105 Å². The highest BCUT2D eigenvalue weighted by Gasteiger charge is 2.34. The fraction of sp³-hybridized carbons (Fsp3) is 1.00. The van der Waals surface area contributed by atoms with Crippen molar-refractivity contribution in [2.24, 2.45) is 0 Å². The summed E-state index contributed by atoms with van der Waals surface area (Å²) in [5.74, 6) is 0. The van der Waals surface area contributed by atoms with Crippen LogP contribution in [0.15, 0.2) is 0 Å². The summed E-state index contributed by atoms with van der Waals surface area (Å²) in [6.45, 7) is 11.7. The lowest BCUT2D eigenvalue weighted by atomic mass is 9.90. The molecule has 2 aliphatic rings. The van der Waals surface area contributed by atoms with Crippen molar-refractivity contribution in [2.75, 3.05) is 45.8 Å². The average Bonchev–Trinajstić information content (AvgIpc) is 2.30. The smallest absolute Gasteiger partial charge is 0.0798 e. The summed E-state index contributed by atoms with van der Waals surface area (Å²) >= 11 is 0. The van der Waals surface area contributed by atoms with Crippen molar-refractivity contribution >= 4 is 0 Å². The molecular formula is C13H27N3O. The van der Waals surface area contributed by atoms with Crippen molar-refractivity contribution in [3.8, 4) is 0 Å². The van der Waals surface area contributed by atoms with Crippen molar-refractivity contribution in [3.63, 3.8) is 0 Å². The number of β-amino-alcohol motifs (C(OH)–C–C–N with tert-alkyl or cyclic N) is 1. The lowest BCUT2D eigenvalue weighted by Gasteiger charge is -2.43. The zero-order chi connectivity index (χ0) is 12.3. The van der Waals surface area contributed by atoms with E-state index in [1.54, 1.807) is 0 Å². The quantitative estimate of drug-likeness (QED) is 0.736. The molecule has 2 N–H and O–H groups in total. The molecule has 0 unspecified atom stereocenters. The van der Waals surface area contributed by atoms with E-state index in [0.29, 0.717) is 6.04 Å². The maximum absolute atomic E-state index is 10.6. The Kier molecular flexibility index (Phi) is 4.42. The number of likely N-dealkylation sites (tertiary alicyclic amines) is 1. The van der Waals surface area contributed by atoms with E-state index in [1.165, 1.54) is 0 Å². The van der Waals surface area contributed by atoms with Gasteiger partial charge in [-0.05, 0) is 26.7 Å². The fourth-order valence-electron chi connectivity index (χ4n) is 2.90. The normalized spacial score (nSPS) is 27.5. The van der Waals surface area contributed by atoms with Crippen LogP contribution >= 0.6 is 0 Å². The molecule has 4 nitrogen and oxygen atoms in total. The molecule has 17 heavy (non-hydrogen) atoms. The van der Waals surface area contributed by atoms with Gasteiger partial charge in [0.1, 0.15) is 0 Å². The molecule has 2 aliphatic heterocycles. The largest absolute Gasteiger partial charge is 0.388 e. The van der Waals surface area contributed by atoms with Crippen LogP contribution in [0.25, 0.3) is 0 Å². The molecule has 0 atom stereocenters. The predicted molar refractivity (Wildman–Crippen MR) is 70.2 cm³/mol. The minimum absolute atomic E-state index is 0.442. The molecule has 0 aromatic heterocycles. The van der Waals surface area contributed by atoms with E-state index in [9.17, 15) is 5.11 Å². The Morgan fingerprint density at radius 2 is 1.71 bits per heavy atom. The maximum atomic E-state index is 10.6. The molecule has 0 saturated carbocycles. The Bertz CT molecular complexity index is 231. The van der Waals surface area contributed by atoms with Crippen LogP contribution in [0.4, 0.5) is 0 Å². The monoisotopic (exact) mass is 241 g/mol. The van der Waals surface area contributed by atoms with Crippen LogP contribution in [-0.2, 0) is 0 Å². The van der Waals surface area contributed by atoms with Gasteiger partial charge in [-0.25, -0.2) is 0 Å². The van der Waals surface area contributed by atoms with Crippen molar-refractivity contribution in [1.82, 2.24) is 15.1 Å². The molecule has 0 spiro atoms. The highest BCUT2D eigenvalue weighted by molar-refractivity contribution is 4.90. The zero-order valence-corrected chi connectivity index (χ0v) is 11.3. The second kappa shape index (κ2) is 5.65. The topological polar surface area (TPSA) is 38.7 Å². The molecule has 100 valence electrons. The third-order valence-electron chi connectivity index (χ3n) is 4.19. The van der Waals surface area contributed by atoms with Gasteiger partial charge in [-0.3, -0.25) is 4.90 Å². The molecule has 0 radical (unpaired) electrons. The van der Waals surface area contributed by atoms with Crippen LogP contribution in [0.3, 0.4) is 0 Å². The second-order valence-electron chi connectivity index (χ2n) is 5.88. The van der Waals surface area contributed by atoms with Crippen LogP contribution in [-0.4, -0.2) is 72.4 Å². The van der Waals surface area contributed by atoms with Gasteiger partial charge in [-0.15, -0.1) is 0 Å². The first kappa shape index (κ1) is 13.3.